The Bertz CT molecular complexity index is 574. The molecule has 26 heavy (non-hydrogen) atoms. The molecule has 1 atom stereocenters. The molecule has 0 bridgehead atoms. The second kappa shape index (κ2) is 10.3. The highest BCUT2D eigenvalue weighted by Gasteiger charge is 2.34. The average Bonchev–Trinajstić information content (AvgIpc) is 3.04. The van der Waals surface area contributed by atoms with E-state index in [1.807, 2.05) is 0 Å². The third kappa shape index (κ3) is 6.58. The van der Waals surface area contributed by atoms with Gasteiger partial charge in [0.05, 0.1) is 12.2 Å². The van der Waals surface area contributed by atoms with E-state index in [2.05, 4.69) is 15.6 Å². The molecule has 9 heteroatoms. The van der Waals surface area contributed by atoms with E-state index in [0.29, 0.717) is 38.7 Å². The quantitative estimate of drug-likeness (QED) is 0.328. The molecule has 2 rings (SSSR count). The van der Waals surface area contributed by atoms with Crippen molar-refractivity contribution in [1.82, 2.24) is 10.6 Å². The number of nitrogens with one attached hydrogen (secondary N) is 2. The van der Waals surface area contributed by atoms with E-state index in [1.54, 1.807) is 7.05 Å². The predicted octanol–water partition coefficient (Wildman–Crippen LogP) is 2.78. The van der Waals surface area contributed by atoms with Crippen molar-refractivity contribution in [3.8, 4) is 0 Å². The molecule has 148 valence electrons. The number of halogens is 4. The van der Waals surface area contributed by atoms with Gasteiger partial charge in [0, 0.05) is 38.8 Å². The summed E-state index contributed by atoms with van der Waals surface area (Å²) in [5.74, 6) is 0.559. The lowest BCUT2D eigenvalue weighted by Gasteiger charge is -2.27. The molecule has 1 unspecified atom stereocenters. The summed E-state index contributed by atoms with van der Waals surface area (Å²) in [7, 11) is 1.63. The first-order chi connectivity index (χ1) is 11.9. The first kappa shape index (κ1) is 23.0. The zero-order valence-corrected chi connectivity index (χ0v) is 16.9. The SMILES string of the molecule is CN=C(NCc1ccc(C(F)(F)F)cc1)NCC1(CCO)CCOC1.I. The summed E-state index contributed by atoms with van der Waals surface area (Å²) in [6, 6.07) is 5.03. The number of alkyl halides is 3. The van der Waals surface area contributed by atoms with Crippen LogP contribution in [0.1, 0.15) is 24.0 Å². The second-order valence-corrected chi connectivity index (χ2v) is 6.25. The van der Waals surface area contributed by atoms with E-state index in [4.69, 9.17) is 4.74 Å². The van der Waals surface area contributed by atoms with Crippen molar-refractivity contribution in [3.05, 3.63) is 35.4 Å². The molecule has 5 nitrogen and oxygen atoms in total. The maximum absolute atomic E-state index is 12.6. The summed E-state index contributed by atoms with van der Waals surface area (Å²) in [5, 5.41) is 15.5. The molecule has 1 aromatic rings. The van der Waals surface area contributed by atoms with Crippen LogP contribution in [0, 0.1) is 5.41 Å². The van der Waals surface area contributed by atoms with Crippen molar-refractivity contribution >= 4 is 29.9 Å². The molecule has 1 aromatic carbocycles. The zero-order chi connectivity index (χ0) is 18.3. The fourth-order valence-corrected chi connectivity index (χ4v) is 2.80. The second-order valence-electron chi connectivity index (χ2n) is 6.25. The van der Waals surface area contributed by atoms with Crippen LogP contribution >= 0.6 is 24.0 Å². The lowest BCUT2D eigenvalue weighted by Crippen LogP contribution is -2.44. The Morgan fingerprint density at radius 1 is 1.27 bits per heavy atom. The monoisotopic (exact) mass is 487 g/mol. The van der Waals surface area contributed by atoms with Gasteiger partial charge >= 0.3 is 6.18 Å². The van der Waals surface area contributed by atoms with Crippen LogP contribution in [0.25, 0.3) is 0 Å². The van der Waals surface area contributed by atoms with Crippen molar-refractivity contribution < 1.29 is 23.0 Å². The molecule has 0 amide bonds. The molecule has 0 spiro atoms. The highest BCUT2D eigenvalue weighted by Crippen LogP contribution is 2.31. The number of aliphatic hydroxyl groups is 1. The van der Waals surface area contributed by atoms with Crippen molar-refractivity contribution in [1.29, 1.82) is 0 Å². The van der Waals surface area contributed by atoms with Crippen LogP contribution in [0.4, 0.5) is 13.2 Å². The van der Waals surface area contributed by atoms with Crippen LogP contribution in [0.3, 0.4) is 0 Å². The topological polar surface area (TPSA) is 65.9 Å². The normalized spacial score (nSPS) is 20.6. The van der Waals surface area contributed by atoms with Gasteiger partial charge in [-0.1, -0.05) is 12.1 Å². The van der Waals surface area contributed by atoms with E-state index in [-0.39, 0.29) is 36.0 Å². The van der Waals surface area contributed by atoms with Gasteiger partial charge in [-0.15, -0.1) is 24.0 Å². The van der Waals surface area contributed by atoms with Crippen LogP contribution in [0.5, 0.6) is 0 Å². The summed E-state index contributed by atoms with van der Waals surface area (Å²) in [6.45, 7) is 2.35. The van der Waals surface area contributed by atoms with Crippen LogP contribution in [-0.2, 0) is 17.5 Å². The number of hydrogen-bond donors (Lipinski definition) is 3. The van der Waals surface area contributed by atoms with Crippen molar-refractivity contribution in [3.63, 3.8) is 0 Å². The molecule has 0 saturated carbocycles. The van der Waals surface area contributed by atoms with Crippen LogP contribution < -0.4 is 10.6 Å². The van der Waals surface area contributed by atoms with Crippen LogP contribution in [-0.4, -0.2) is 44.5 Å². The molecule has 0 aliphatic carbocycles. The van der Waals surface area contributed by atoms with Crippen LogP contribution in [0.2, 0.25) is 0 Å². The standard InChI is InChI=1S/C17H24F3N3O2.HI/c1-21-15(23-11-16(6-8-24)7-9-25-12-16)22-10-13-2-4-14(5-3-13)17(18,19)20;/h2-5,24H,6-12H2,1H3,(H2,21,22,23);1H. The zero-order valence-electron chi connectivity index (χ0n) is 14.6. The Morgan fingerprint density at radius 2 is 1.96 bits per heavy atom. The Labute approximate surface area is 168 Å². The molecule has 1 saturated heterocycles. The smallest absolute Gasteiger partial charge is 0.396 e. The molecule has 1 heterocycles. The van der Waals surface area contributed by atoms with Gasteiger partial charge in [-0.05, 0) is 30.5 Å². The maximum Gasteiger partial charge on any atom is 0.416 e. The minimum absolute atomic E-state index is 0. The highest BCUT2D eigenvalue weighted by atomic mass is 127. The van der Waals surface area contributed by atoms with E-state index in [9.17, 15) is 18.3 Å². The summed E-state index contributed by atoms with van der Waals surface area (Å²) < 4.78 is 43.1. The Hall–Kier alpha value is -1.07. The van der Waals surface area contributed by atoms with Gasteiger partial charge in [-0.2, -0.15) is 13.2 Å². The Balaban J connectivity index is 0.00000338. The maximum atomic E-state index is 12.6. The minimum Gasteiger partial charge on any atom is -0.396 e. The predicted molar refractivity (Wildman–Crippen MR) is 105 cm³/mol. The van der Waals surface area contributed by atoms with Crippen molar-refractivity contribution in [2.24, 2.45) is 10.4 Å². The molecule has 1 aliphatic rings. The first-order valence-electron chi connectivity index (χ1n) is 8.18. The van der Waals surface area contributed by atoms with Gasteiger partial charge in [0.15, 0.2) is 5.96 Å². The van der Waals surface area contributed by atoms with E-state index in [0.717, 1.165) is 24.1 Å². The fraction of sp³-hybridized carbons (Fsp3) is 0.588. The number of aliphatic imine (C=N–C) groups is 1. The highest BCUT2D eigenvalue weighted by molar-refractivity contribution is 14.0. The third-order valence-corrected chi connectivity index (χ3v) is 4.42. The van der Waals surface area contributed by atoms with Gasteiger partial charge in [0.25, 0.3) is 0 Å². The number of nitrogens with zero attached hydrogens (tertiary/aromatic N) is 1. The van der Waals surface area contributed by atoms with Crippen molar-refractivity contribution in [2.45, 2.75) is 25.6 Å². The molecular weight excluding hydrogens is 462 g/mol. The minimum atomic E-state index is -4.33. The molecular formula is C17H25F3IN3O2. The fourth-order valence-electron chi connectivity index (χ4n) is 2.80. The van der Waals surface area contributed by atoms with Gasteiger partial charge in [0.2, 0.25) is 0 Å². The number of guanidine groups is 1. The average molecular weight is 487 g/mol. The van der Waals surface area contributed by atoms with Gasteiger partial charge in [-0.3, -0.25) is 4.99 Å². The lowest BCUT2D eigenvalue weighted by molar-refractivity contribution is -0.137. The number of hydrogen-bond acceptors (Lipinski definition) is 3. The number of ether oxygens (including phenoxy) is 1. The summed E-state index contributed by atoms with van der Waals surface area (Å²) in [6.07, 6.45) is -2.81. The van der Waals surface area contributed by atoms with E-state index in [1.165, 1.54) is 12.1 Å². The molecule has 3 N–H and O–H groups in total. The molecule has 1 fully saturated rings. The largest absolute Gasteiger partial charge is 0.416 e. The number of rotatable bonds is 6. The Morgan fingerprint density at radius 3 is 2.46 bits per heavy atom. The van der Waals surface area contributed by atoms with Gasteiger partial charge < -0.3 is 20.5 Å². The summed E-state index contributed by atoms with van der Waals surface area (Å²) >= 11 is 0. The third-order valence-electron chi connectivity index (χ3n) is 4.42. The Kier molecular flexibility index (Phi) is 9.11. The van der Waals surface area contributed by atoms with E-state index >= 15 is 0 Å². The molecule has 1 aliphatic heterocycles. The first-order valence-corrected chi connectivity index (χ1v) is 8.18. The molecule has 0 aromatic heterocycles. The van der Waals surface area contributed by atoms with E-state index < -0.39 is 11.7 Å². The number of benzene rings is 1. The van der Waals surface area contributed by atoms with Crippen LogP contribution in [0.15, 0.2) is 29.3 Å². The molecule has 0 radical (unpaired) electrons. The summed E-state index contributed by atoms with van der Waals surface area (Å²) in [4.78, 5) is 4.12. The van der Waals surface area contributed by atoms with Crippen molar-refractivity contribution in [2.75, 3.05) is 33.4 Å². The number of aliphatic hydroxyl groups excluding tert-OH is 1. The van der Waals surface area contributed by atoms with Gasteiger partial charge in [-0.25, -0.2) is 0 Å². The summed E-state index contributed by atoms with van der Waals surface area (Å²) in [5.41, 5.74) is -0.0445. The van der Waals surface area contributed by atoms with Gasteiger partial charge in [0.1, 0.15) is 0 Å². The lowest BCUT2D eigenvalue weighted by atomic mass is 9.84.